The molecule has 0 spiro atoms. The normalized spacial score (nSPS) is 11.5. The van der Waals surface area contributed by atoms with Crippen molar-refractivity contribution < 1.29 is 14.6 Å². The predicted molar refractivity (Wildman–Crippen MR) is 95.1 cm³/mol. The molecule has 1 heterocycles. The molecule has 0 aliphatic heterocycles. The van der Waals surface area contributed by atoms with Crippen molar-refractivity contribution in [2.45, 2.75) is 59.6 Å². The van der Waals surface area contributed by atoms with E-state index in [-0.39, 0.29) is 30.4 Å². The number of aliphatic carboxylic acids is 1. The Morgan fingerprint density at radius 3 is 2.46 bits per heavy atom. The fourth-order valence-electron chi connectivity index (χ4n) is 3.09. The Morgan fingerprint density at radius 2 is 1.92 bits per heavy atom. The Morgan fingerprint density at radius 1 is 1.25 bits per heavy atom. The SMILES string of the molecule is Cc1c(CCC(=O)O)c(=O)c2ccc(OC(C)C)cc2n1C(C)C. The fraction of sp³-hybridized carbons (Fsp3) is 0.474. The number of rotatable bonds is 6. The Balaban J connectivity index is 2.71. The van der Waals surface area contributed by atoms with Gasteiger partial charge in [0.1, 0.15) is 5.75 Å². The van der Waals surface area contributed by atoms with Crippen LogP contribution in [0.2, 0.25) is 0 Å². The second-order valence-corrected chi connectivity index (χ2v) is 6.60. The molecule has 0 saturated carbocycles. The number of carbonyl (C=O) groups is 1. The smallest absolute Gasteiger partial charge is 0.303 e. The van der Waals surface area contributed by atoms with Crippen LogP contribution in [-0.2, 0) is 11.2 Å². The zero-order valence-electron chi connectivity index (χ0n) is 14.9. The maximum atomic E-state index is 12.8. The third kappa shape index (κ3) is 3.61. The van der Waals surface area contributed by atoms with Gasteiger partial charge in [0, 0.05) is 35.2 Å². The van der Waals surface area contributed by atoms with Gasteiger partial charge in [0.2, 0.25) is 0 Å². The van der Waals surface area contributed by atoms with Crippen LogP contribution in [0.3, 0.4) is 0 Å². The van der Waals surface area contributed by atoms with Crippen molar-refractivity contribution in [3.05, 3.63) is 39.7 Å². The first-order valence-electron chi connectivity index (χ1n) is 8.28. The minimum absolute atomic E-state index is 0.0474. The molecular formula is C19H25NO4. The molecule has 0 radical (unpaired) electrons. The van der Waals surface area contributed by atoms with Crippen molar-refractivity contribution in [3.8, 4) is 5.75 Å². The van der Waals surface area contributed by atoms with E-state index >= 15 is 0 Å². The molecule has 0 bridgehead atoms. The van der Waals surface area contributed by atoms with E-state index in [2.05, 4.69) is 4.57 Å². The lowest BCUT2D eigenvalue weighted by molar-refractivity contribution is -0.136. The highest BCUT2D eigenvalue weighted by atomic mass is 16.5. The lowest BCUT2D eigenvalue weighted by atomic mass is 10.0. The number of aromatic nitrogens is 1. The van der Waals surface area contributed by atoms with Crippen molar-refractivity contribution in [2.24, 2.45) is 0 Å². The molecule has 130 valence electrons. The molecule has 1 aromatic carbocycles. The van der Waals surface area contributed by atoms with Crippen molar-refractivity contribution in [3.63, 3.8) is 0 Å². The number of benzene rings is 1. The summed E-state index contributed by atoms with van der Waals surface area (Å²) in [4.78, 5) is 23.7. The van der Waals surface area contributed by atoms with Gasteiger partial charge in [0.25, 0.3) is 0 Å². The monoisotopic (exact) mass is 331 g/mol. The highest BCUT2D eigenvalue weighted by Crippen LogP contribution is 2.25. The molecule has 0 fully saturated rings. The van der Waals surface area contributed by atoms with E-state index in [9.17, 15) is 9.59 Å². The summed E-state index contributed by atoms with van der Waals surface area (Å²) in [5.74, 6) is -0.172. The van der Waals surface area contributed by atoms with E-state index < -0.39 is 5.97 Å². The van der Waals surface area contributed by atoms with Crippen molar-refractivity contribution >= 4 is 16.9 Å². The zero-order chi connectivity index (χ0) is 18.0. The highest BCUT2D eigenvalue weighted by molar-refractivity contribution is 5.82. The van der Waals surface area contributed by atoms with Gasteiger partial charge in [0.15, 0.2) is 5.43 Å². The van der Waals surface area contributed by atoms with Gasteiger partial charge in [-0.3, -0.25) is 9.59 Å². The fourth-order valence-corrected chi connectivity index (χ4v) is 3.09. The largest absolute Gasteiger partial charge is 0.491 e. The second kappa shape index (κ2) is 7.07. The second-order valence-electron chi connectivity index (χ2n) is 6.60. The lowest BCUT2D eigenvalue weighted by Crippen LogP contribution is -2.21. The summed E-state index contributed by atoms with van der Waals surface area (Å²) in [5, 5.41) is 9.55. The summed E-state index contributed by atoms with van der Waals surface area (Å²) in [5.41, 5.74) is 2.14. The third-order valence-corrected chi connectivity index (χ3v) is 4.02. The van der Waals surface area contributed by atoms with E-state index in [1.807, 2.05) is 40.7 Å². The van der Waals surface area contributed by atoms with E-state index in [0.717, 1.165) is 17.0 Å². The third-order valence-electron chi connectivity index (χ3n) is 4.02. The summed E-state index contributed by atoms with van der Waals surface area (Å²) >= 11 is 0. The van der Waals surface area contributed by atoms with Crippen molar-refractivity contribution in [2.75, 3.05) is 0 Å². The van der Waals surface area contributed by atoms with Crippen LogP contribution in [-0.4, -0.2) is 21.7 Å². The number of hydrogen-bond donors (Lipinski definition) is 1. The first-order valence-corrected chi connectivity index (χ1v) is 8.28. The van der Waals surface area contributed by atoms with Gasteiger partial charge in [-0.1, -0.05) is 0 Å². The number of fused-ring (bicyclic) bond motifs is 1. The molecule has 0 amide bonds. The van der Waals surface area contributed by atoms with Gasteiger partial charge in [-0.05, 0) is 53.2 Å². The molecule has 0 aliphatic rings. The quantitative estimate of drug-likeness (QED) is 0.876. The molecule has 0 aliphatic carbocycles. The maximum Gasteiger partial charge on any atom is 0.303 e. The Labute approximate surface area is 141 Å². The molecule has 0 atom stereocenters. The number of hydrogen-bond acceptors (Lipinski definition) is 3. The summed E-state index contributed by atoms with van der Waals surface area (Å²) in [7, 11) is 0. The average Bonchev–Trinajstić information content (AvgIpc) is 2.45. The van der Waals surface area contributed by atoms with Crippen molar-refractivity contribution in [1.29, 1.82) is 0 Å². The topological polar surface area (TPSA) is 68.5 Å². The zero-order valence-corrected chi connectivity index (χ0v) is 14.9. The van der Waals surface area contributed by atoms with Crippen LogP contribution >= 0.6 is 0 Å². The minimum atomic E-state index is -0.898. The van der Waals surface area contributed by atoms with Crippen LogP contribution in [0.4, 0.5) is 0 Å². The van der Waals surface area contributed by atoms with Crippen LogP contribution < -0.4 is 10.2 Å². The van der Waals surface area contributed by atoms with Crippen LogP contribution in [0, 0.1) is 6.92 Å². The number of pyridine rings is 1. The van der Waals surface area contributed by atoms with E-state index in [1.54, 1.807) is 12.1 Å². The molecule has 2 rings (SSSR count). The maximum absolute atomic E-state index is 12.8. The molecule has 1 aromatic heterocycles. The molecule has 5 heteroatoms. The molecule has 2 aromatic rings. The van der Waals surface area contributed by atoms with Crippen LogP contribution in [0.25, 0.3) is 10.9 Å². The summed E-state index contributed by atoms with van der Waals surface area (Å²) in [6.07, 6.45) is 0.249. The molecule has 0 unspecified atom stereocenters. The Kier molecular flexibility index (Phi) is 5.32. The molecule has 5 nitrogen and oxygen atoms in total. The van der Waals surface area contributed by atoms with E-state index in [0.29, 0.717) is 10.9 Å². The van der Waals surface area contributed by atoms with Crippen LogP contribution in [0.1, 0.15) is 51.4 Å². The van der Waals surface area contributed by atoms with Gasteiger partial charge >= 0.3 is 5.97 Å². The minimum Gasteiger partial charge on any atom is -0.491 e. The summed E-state index contributed by atoms with van der Waals surface area (Å²) in [6.45, 7) is 9.90. The lowest BCUT2D eigenvalue weighted by Gasteiger charge is -2.22. The van der Waals surface area contributed by atoms with E-state index in [1.165, 1.54) is 0 Å². The average molecular weight is 331 g/mol. The molecular weight excluding hydrogens is 306 g/mol. The van der Waals surface area contributed by atoms with Gasteiger partial charge in [-0.2, -0.15) is 0 Å². The van der Waals surface area contributed by atoms with Crippen molar-refractivity contribution in [1.82, 2.24) is 4.57 Å². The number of carboxylic acid groups (broad SMARTS) is 1. The molecule has 1 N–H and O–H groups in total. The van der Waals surface area contributed by atoms with Crippen LogP contribution in [0.5, 0.6) is 5.75 Å². The summed E-state index contributed by atoms with van der Waals surface area (Å²) < 4.78 is 7.84. The van der Waals surface area contributed by atoms with Gasteiger partial charge in [0.05, 0.1) is 11.6 Å². The Bertz CT molecular complexity index is 818. The number of ether oxygens (including phenoxy) is 1. The van der Waals surface area contributed by atoms with Gasteiger partial charge in [-0.15, -0.1) is 0 Å². The summed E-state index contributed by atoms with van der Waals surface area (Å²) in [6, 6.07) is 5.61. The number of nitrogens with zero attached hydrogens (tertiary/aromatic N) is 1. The highest BCUT2D eigenvalue weighted by Gasteiger charge is 2.17. The van der Waals surface area contributed by atoms with Gasteiger partial charge < -0.3 is 14.4 Å². The van der Waals surface area contributed by atoms with Crippen LogP contribution in [0.15, 0.2) is 23.0 Å². The Hall–Kier alpha value is -2.30. The standard InChI is InChI=1S/C19H25NO4/c1-11(2)20-13(5)15(8-9-18(21)22)19(23)16-7-6-14(10-17(16)20)24-12(3)4/h6-7,10-12H,8-9H2,1-5H3,(H,21,22). The first kappa shape index (κ1) is 18.0. The first-order chi connectivity index (χ1) is 11.2. The molecule has 0 saturated heterocycles. The number of carboxylic acids is 1. The van der Waals surface area contributed by atoms with E-state index in [4.69, 9.17) is 9.84 Å². The van der Waals surface area contributed by atoms with Gasteiger partial charge in [-0.25, -0.2) is 0 Å². The predicted octanol–water partition coefficient (Wildman–Crippen LogP) is 3.70. The molecule has 24 heavy (non-hydrogen) atoms.